The number of nitrogens with one attached hydrogen (secondary N) is 1. The van der Waals surface area contributed by atoms with Crippen molar-refractivity contribution in [3.63, 3.8) is 0 Å². The fraction of sp³-hybridized carbons (Fsp3) is 0.200. The lowest BCUT2D eigenvalue weighted by Gasteiger charge is -2.14. The molecular formula is C20H16ClF3N6O3. The Labute approximate surface area is 189 Å². The number of aliphatic hydroxyl groups excluding tert-OH is 1. The van der Waals surface area contributed by atoms with Gasteiger partial charge >= 0.3 is 6.18 Å². The molecule has 3 heterocycles. The predicted molar refractivity (Wildman–Crippen MR) is 112 cm³/mol. The number of hydrogen-bond donors (Lipinski definition) is 2. The molecule has 3 aromatic heterocycles. The number of methoxy groups -OCH3 is 1. The number of benzene rings is 1. The number of fused-ring (bicyclic) bond motifs is 1. The summed E-state index contributed by atoms with van der Waals surface area (Å²) >= 11 is 6.09. The average Bonchev–Trinajstić information content (AvgIpc) is 3.37. The Morgan fingerprint density at radius 2 is 2.15 bits per heavy atom. The van der Waals surface area contributed by atoms with E-state index in [1.165, 1.54) is 36.3 Å². The third-order valence-corrected chi connectivity index (χ3v) is 4.92. The van der Waals surface area contributed by atoms with Gasteiger partial charge in [-0.3, -0.25) is 9.48 Å². The molecule has 0 aliphatic rings. The summed E-state index contributed by atoms with van der Waals surface area (Å²) in [7, 11) is 1.40. The number of anilines is 1. The van der Waals surface area contributed by atoms with E-state index < -0.39 is 24.7 Å². The van der Waals surface area contributed by atoms with E-state index in [1.54, 1.807) is 24.4 Å². The standard InChI is InChI=1S/C20H16ClF3N6O3/c1-33-15-4-3-11(21)7-12(15)17-14(9-29(28-17)10-16(31)20(22,23)24)27-19(32)13-8-26-30-6-2-5-25-18(13)30/h2-9,16,31H,10H2,1H3,(H,27,32). The third kappa shape index (κ3) is 4.61. The van der Waals surface area contributed by atoms with Crippen LogP contribution < -0.4 is 10.1 Å². The fourth-order valence-electron chi connectivity index (χ4n) is 3.13. The van der Waals surface area contributed by atoms with Crippen LogP contribution in [0.1, 0.15) is 10.4 Å². The number of amides is 1. The van der Waals surface area contributed by atoms with Crippen LogP contribution in [0.2, 0.25) is 5.02 Å². The average molecular weight is 481 g/mol. The predicted octanol–water partition coefficient (Wildman–Crippen LogP) is 3.43. The number of aromatic nitrogens is 5. The van der Waals surface area contributed by atoms with Crippen molar-refractivity contribution in [1.29, 1.82) is 0 Å². The molecule has 0 saturated carbocycles. The first-order valence-electron chi connectivity index (χ1n) is 9.43. The molecular weight excluding hydrogens is 465 g/mol. The van der Waals surface area contributed by atoms with Gasteiger partial charge in [0.05, 0.1) is 25.5 Å². The number of halogens is 4. The molecule has 0 spiro atoms. The van der Waals surface area contributed by atoms with Crippen LogP contribution in [0.5, 0.6) is 5.75 Å². The highest BCUT2D eigenvalue weighted by atomic mass is 35.5. The molecule has 4 aromatic rings. The molecule has 33 heavy (non-hydrogen) atoms. The number of alkyl halides is 3. The Kier molecular flexibility index (Phi) is 5.95. The Bertz CT molecular complexity index is 1320. The fourth-order valence-corrected chi connectivity index (χ4v) is 3.30. The molecule has 0 aliphatic heterocycles. The van der Waals surface area contributed by atoms with Crippen LogP contribution in [0.15, 0.2) is 49.1 Å². The molecule has 1 amide bonds. The highest BCUT2D eigenvalue weighted by Gasteiger charge is 2.38. The lowest BCUT2D eigenvalue weighted by atomic mass is 10.1. The molecule has 1 unspecified atom stereocenters. The van der Waals surface area contributed by atoms with Crippen molar-refractivity contribution in [2.45, 2.75) is 18.8 Å². The van der Waals surface area contributed by atoms with Crippen LogP contribution in [0, 0.1) is 0 Å². The molecule has 0 bridgehead atoms. The highest BCUT2D eigenvalue weighted by Crippen LogP contribution is 2.36. The normalized spacial score (nSPS) is 12.7. The Balaban J connectivity index is 1.75. The summed E-state index contributed by atoms with van der Waals surface area (Å²) < 4.78 is 46.2. The van der Waals surface area contributed by atoms with Gasteiger partial charge in [0.1, 0.15) is 17.0 Å². The van der Waals surface area contributed by atoms with Crippen LogP contribution in [0.4, 0.5) is 18.9 Å². The van der Waals surface area contributed by atoms with Gasteiger partial charge in [0.25, 0.3) is 5.91 Å². The summed E-state index contributed by atoms with van der Waals surface area (Å²) in [4.78, 5) is 17.1. The summed E-state index contributed by atoms with van der Waals surface area (Å²) in [6.07, 6.45) is -1.90. The van der Waals surface area contributed by atoms with Crippen molar-refractivity contribution >= 4 is 28.8 Å². The summed E-state index contributed by atoms with van der Waals surface area (Å²) in [5, 5.41) is 20.6. The number of ether oxygens (including phenoxy) is 1. The van der Waals surface area contributed by atoms with Gasteiger partial charge < -0.3 is 15.2 Å². The van der Waals surface area contributed by atoms with Gasteiger partial charge in [-0.2, -0.15) is 23.4 Å². The summed E-state index contributed by atoms with van der Waals surface area (Å²) in [5.74, 6) is -0.281. The summed E-state index contributed by atoms with van der Waals surface area (Å²) in [5.41, 5.74) is 0.935. The molecule has 0 radical (unpaired) electrons. The van der Waals surface area contributed by atoms with E-state index in [1.807, 2.05) is 0 Å². The first-order chi connectivity index (χ1) is 15.7. The number of aliphatic hydroxyl groups is 1. The summed E-state index contributed by atoms with van der Waals surface area (Å²) in [6, 6.07) is 6.26. The summed E-state index contributed by atoms with van der Waals surface area (Å²) in [6.45, 7) is -0.881. The molecule has 2 N–H and O–H groups in total. The van der Waals surface area contributed by atoms with Crippen molar-refractivity contribution < 1.29 is 27.8 Å². The van der Waals surface area contributed by atoms with E-state index in [2.05, 4.69) is 20.5 Å². The van der Waals surface area contributed by atoms with Crippen molar-refractivity contribution in [3.8, 4) is 17.0 Å². The van der Waals surface area contributed by atoms with Gasteiger partial charge in [0, 0.05) is 29.2 Å². The number of carbonyl (C=O) groups excluding carboxylic acids is 1. The van der Waals surface area contributed by atoms with Crippen molar-refractivity contribution in [1.82, 2.24) is 24.4 Å². The monoisotopic (exact) mass is 480 g/mol. The zero-order valence-electron chi connectivity index (χ0n) is 16.9. The lowest BCUT2D eigenvalue weighted by Crippen LogP contribution is -2.32. The van der Waals surface area contributed by atoms with Gasteiger partial charge in [-0.15, -0.1) is 0 Å². The molecule has 4 rings (SSSR count). The van der Waals surface area contributed by atoms with Crippen LogP contribution >= 0.6 is 11.6 Å². The van der Waals surface area contributed by atoms with E-state index in [0.29, 0.717) is 16.3 Å². The number of hydrogen-bond acceptors (Lipinski definition) is 6. The number of rotatable bonds is 6. The minimum absolute atomic E-state index is 0.0743. The van der Waals surface area contributed by atoms with E-state index in [0.717, 1.165) is 4.68 Å². The van der Waals surface area contributed by atoms with Gasteiger partial charge in [0.2, 0.25) is 0 Å². The Morgan fingerprint density at radius 1 is 1.36 bits per heavy atom. The van der Waals surface area contributed by atoms with E-state index >= 15 is 0 Å². The van der Waals surface area contributed by atoms with E-state index in [-0.39, 0.29) is 22.6 Å². The second-order valence-electron chi connectivity index (χ2n) is 6.92. The molecule has 0 aliphatic carbocycles. The number of carbonyl (C=O) groups is 1. The molecule has 9 nitrogen and oxygen atoms in total. The zero-order valence-corrected chi connectivity index (χ0v) is 17.7. The van der Waals surface area contributed by atoms with Crippen LogP contribution in [-0.4, -0.2) is 54.8 Å². The Morgan fingerprint density at radius 3 is 2.88 bits per heavy atom. The lowest BCUT2D eigenvalue weighted by molar-refractivity contribution is -0.208. The molecule has 13 heteroatoms. The maximum absolute atomic E-state index is 13.0. The molecule has 0 fully saturated rings. The van der Waals surface area contributed by atoms with E-state index in [4.69, 9.17) is 16.3 Å². The maximum Gasteiger partial charge on any atom is 0.416 e. The van der Waals surface area contributed by atoms with Crippen molar-refractivity contribution in [2.75, 3.05) is 12.4 Å². The topological polar surface area (TPSA) is 107 Å². The van der Waals surface area contributed by atoms with Gasteiger partial charge in [0.15, 0.2) is 11.8 Å². The first-order valence-corrected chi connectivity index (χ1v) is 9.81. The highest BCUT2D eigenvalue weighted by molar-refractivity contribution is 6.31. The van der Waals surface area contributed by atoms with E-state index in [9.17, 15) is 23.1 Å². The maximum atomic E-state index is 13.0. The SMILES string of the molecule is COc1ccc(Cl)cc1-c1nn(CC(O)C(F)(F)F)cc1NC(=O)c1cnn2cccnc12. The van der Waals surface area contributed by atoms with Gasteiger partial charge in [-0.25, -0.2) is 9.50 Å². The minimum Gasteiger partial charge on any atom is -0.496 e. The zero-order chi connectivity index (χ0) is 23.8. The first kappa shape index (κ1) is 22.6. The molecule has 1 aromatic carbocycles. The quantitative estimate of drug-likeness (QED) is 0.438. The third-order valence-electron chi connectivity index (χ3n) is 4.69. The van der Waals surface area contributed by atoms with Crippen molar-refractivity contribution in [3.05, 3.63) is 59.6 Å². The largest absolute Gasteiger partial charge is 0.496 e. The van der Waals surface area contributed by atoms with Gasteiger partial charge in [-0.1, -0.05) is 11.6 Å². The number of nitrogens with zero attached hydrogens (tertiary/aromatic N) is 5. The molecule has 1 atom stereocenters. The van der Waals surface area contributed by atoms with Crippen LogP contribution in [0.3, 0.4) is 0 Å². The molecule has 172 valence electrons. The minimum atomic E-state index is -4.84. The van der Waals surface area contributed by atoms with Gasteiger partial charge in [-0.05, 0) is 24.3 Å². The second kappa shape index (κ2) is 8.71. The van der Waals surface area contributed by atoms with Crippen LogP contribution in [-0.2, 0) is 6.54 Å². The van der Waals surface area contributed by atoms with Crippen LogP contribution in [0.25, 0.3) is 16.9 Å². The molecule has 0 saturated heterocycles. The van der Waals surface area contributed by atoms with Crippen molar-refractivity contribution in [2.24, 2.45) is 0 Å². The Hall–Kier alpha value is -3.64. The second-order valence-corrected chi connectivity index (χ2v) is 7.35. The smallest absolute Gasteiger partial charge is 0.416 e.